The minimum Gasteiger partial charge on any atom is -0.494 e. The van der Waals surface area contributed by atoms with Gasteiger partial charge in [0.05, 0.1) is 6.61 Å². The zero-order valence-corrected chi connectivity index (χ0v) is 13.9. The molecule has 128 valence electrons. The van der Waals surface area contributed by atoms with E-state index in [1.807, 2.05) is 0 Å². The average molecular weight is 361 g/mol. The number of nitrogens with one attached hydrogen (secondary N) is 1. The lowest BCUT2D eigenvalue weighted by atomic mass is 10.0. The first-order chi connectivity index (χ1) is 9.54. The molecule has 1 aliphatic rings. The number of ether oxygens (including phenoxy) is 1. The number of alkyl halides is 3. The molecule has 1 fully saturated rings. The Hall–Kier alpha value is -0.690. The van der Waals surface area contributed by atoms with Crippen LogP contribution in [0, 0.1) is 0 Å². The van der Waals surface area contributed by atoms with Crippen molar-refractivity contribution >= 4 is 24.8 Å². The maximum atomic E-state index is 13.5. The largest absolute Gasteiger partial charge is 0.494 e. The molecule has 1 heterocycles. The summed E-state index contributed by atoms with van der Waals surface area (Å²) in [5.41, 5.74) is 0.198. The topological polar surface area (TPSA) is 24.5 Å². The first-order valence-corrected chi connectivity index (χ1v) is 6.77. The van der Waals surface area contributed by atoms with Gasteiger partial charge < -0.3 is 10.1 Å². The standard InChI is InChI=1S/C14H19F3N2O.2ClH/c1-2-20-12-6-4-3-5-11(12)13(14(15,16)17)19-9-7-18-8-10-19;;/h3-6,13,18H,2,7-10H2,1H3;2*1H/t13-;;/m1../s1. The molecule has 8 heteroatoms. The summed E-state index contributed by atoms with van der Waals surface area (Å²) in [5, 5.41) is 3.07. The molecule has 0 saturated carbocycles. The van der Waals surface area contributed by atoms with Crippen molar-refractivity contribution in [1.29, 1.82) is 0 Å². The van der Waals surface area contributed by atoms with Crippen molar-refractivity contribution in [2.24, 2.45) is 0 Å². The third-order valence-corrected chi connectivity index (χ3v) is 3.34. The molecule has 0 spiro atoms. The zero-order chi connectivity index (χ0) is 14.6. The van der Waals surface area contributed by atoms with Gasteiger partial charge in [0.1, 0.15) is 11.8 Å². The van der Waals surface area contributed by atoms with Crippen LogP contribution < -0.4 is 10.1 Å². The molecule has 0 amide bonds. The monoisotopic (exact) mass is 360 g/mol. The number of halogens is 5. The van der Waals surface area contributed by atoms with E-state index in [9.17, 15) is 13.2 Å². The third-order valence-electron chi connectivity index (χ3n) is 3.34. The normalized spacial score (nSPS) is 17.1. The minimum absolute atomic E-state index is 0. The fourth-order valence-corrected chi connectivity index (χ4v) is 2.51. The van der Waals surface area contributed by atoms with Crippen LogP contribution in [0.1, 0.15) is 18.5 Å². The highest BCUT2D eigenvalue weighted by atomic mass is 35.5. The second-order valence-electron chi connectivity index (χ2n) is 4.70. The van der Waals surface area contributed by atoms with E-state index in [4.69, 9.17) is 4.74 Å². The van der Waals surface area contributed by atoms with Crippen LogP contribution in [0.15, 0.2) is 24.3 Å². The van der Waals surface area contributed by atoms with Crippen molar-refractivity contribution in [3.63, 3.8) is 0 Å². The van der Waals surface area contributed by atoms with Crippen molar-refractivity contribution in [1.82, 2.24) is 10.2 Å². The van der Waals surface area contributed by atoms with Crippen molar-refractivity contribution in [3.8, 4) is 5.75 Å². The van der Waals surface area contributed by atoms with E-state index in [2.05, 4.69) is 5.32 Å². The second-order valence-corrected chi connectivity index (χ2v) is 4.70. The molecular formula is C14H21Cl2F3N2O. The second kappa shape index (κ2) is 9.45. The summed E-state index contributed by atoms with van der Waals surface area (Å²) in [7, 11) is 0. The van der Waals surface area contributed by atoms with Gasteiger partial charge in [-0.1, -0.05) is 18.2 Å². The Morgan fingerprint density at radius 3 is 2.32 bits per heavy atom. The summed E-state index contributed by atoms with van der Waals surface area (Å²) in [6.45, 7) is 4.02. The number of rotatable bonds is 4. The maximum absolute atomic E-state index is 13.5. The van der Waals surface area contributed by atoms with E-state index in [-0.39, 0.29) is 30.4 Å². The van der Waals surface area contributed by atoms with E-state index in [1.54, 1.807) is 25.1 Å². The van der Waals surface area contributed by atoms with Crippen LogP contribution in [-0.2, 0) is 0 Å². The van der Waals surface area contributed by atoms with Crippen LogP contribution >= 0.6 is 24.8 Å². The Kier molecular flexibility index (Phi) is 9.15. The van der Waals surface area contributed by atoms with Gasteiger partial charge in [0.25, 0.3) is 0 Å². The number of hydrogen-bond donors (Lipinski definition) is 1. The molecule has 0 unspecified atom stereocenters. The lowest BCUT2D eigenvalue weighted by Crippen LogP contribution is -2.49. The number of nitrogens with zero attached hydrogens (tertiary/aromatic N) is 1. The van der Waals surface area contributed by atoms with Gasteiger partial charge in [0, 0.05) is 31.7 Å². The molecule has 1 N–H and O–H groups in total. The van der Waals surface area contributed by atoms with Crippen molar-refractivity contribution in [2.45, 2.75) is 19.1 Å². The summed E-state index contributed by atoms with van der Waals surface area (Å²) in [6.07, 6.45) is -4.31. The average Bonchev–Trinajstić information content (AvgIpc) is 2.41. The van der Waals surface area contributed by atoms with E-state index in [1.165, 1.54) is 11.0 Å². The first kappa shape index (κ1) is 21.3. The van der Waals surface area contributed by atoms with Crippen molar-refractivity contribution < 1.29 is 17.9 Å². The first-order valence-electron chi connectivity index (χ1n) is 6.77. The Morgan fingerprint density at radius 2 is 1.77 bits per heavy atom. The molecule has 0 radical (unpaired) electrons. The van der Waals surface area contributed by atoms with Crippen molar-refractivity contribution in [3.05, 3.63) is 29.8 Å². The Labute approximate surface area is 141 Å². The predicted molar refractivity (Wildman–Crippen MR) is 85.3 cm³/mol. The van der Waals surface area contributed by atoms with Gasteiger partial charge >= 0.3 is 6.18 Å². The summed E-state index contributed by atoms with van der Waals surface area (Å²) in [5.74, 6) is 0.316. The van der Waals surface area contributed by atoms with E-state index in [0.29, 0.717) is 38.5 Å². The van der Waals surface area contributed by atoms with Crippen molar-refractivity contribution in [2.75, 3.05) is 32.8 Å². The van der Waals surface area contributed by atoms with E-state index < -0.39 is 12.2 Å². The molecule has 1 aromatic rings. The zero-order valence-electron chi connectivity index (χ0n) is 12.2. The molecule has 22 heavy (non-hydrogen) atoms. The number of hydrogen-bond acceptors (Lipinski definition) is 3. The molecule has 2 rings (SSSR count). The third kappa shape index (κ3) is 5.19. The Balaban J connectivity index is 0.00000220. The molecule has 1 saturated heterocycles. The van der Waals surface area contributed by atoms with Gasteiger partial charge in [-0.15, -0.1) is 24.8 Å². The van der Waals surface area contributed by atoms with E-state index in [0.717, 1.165) is 0 Å². The van der Waals surface area contributed by atoms with Crippen LogP contribution in [0.3, 0.4) is 0 Å². The molecule has 1 aromatic carbocycles. The maximum Gasteiger partial charge on any atom is 0.408 e. The molecule has 0 aliphatic carbocycles. The van der Waals surface area contributed by atoms with Gasteiger partial charge in [-0.05, 0) is 13.0 Å². The quantitative estimate of drug-likeness (QED) is 0.889. The smallest absolute Gasteiger partial charge is 0.408 e. The molecule has 0 bridgehead atoms. The van der Waals surface area contributed by atoms with Crippen LogP contribution in [0.25, 0.3) is 0 Å². The van der Waals surface area contributed by atoms with Crippen LogP contribution in [0.4, 0.5) is 13.2 Å². The van der Waals surface area contributed by atoms with Gasteiger partial charge in [-0.25, -0.2) is 0 Å². The molecule has 3 nitrogen and oxygen atoms in total. The lowest BCUT2D eigenvalue weighted by Gasteiger charge is -2.36. The molecule has 1 atom stereocenters. The summed E-state index contributed by atoms with van der Waals surface area (Å²) < 4.78 is 45.8. The summed E-state index contributed by atoms with van der Waals surface area (Å²) in [4.78, 5) is 1.47. The van der Waals surface area contributed by atoms with E-state index >= 15 is 0 Å². The SMILES string of the molecule is CCOc1ccccc1[C@@H](N1CCNCC1)C(F)(F)F.Cl.Cl. The highest BCUT2D eigenvalue weighted by Crippen LogP contribution is 2.41. The molecule has 1 aliphatic heterocycles. The van der Waals surface area contributed by atoms with Gasteiger partial charge in [0.15, 0.2) is 0 Å². The highest BCUT2D eigenvalue weighted by molar-refractivity contribution is 5.85. The molecule has 0 aromatic heterocycles. The highest BCUT2D eigenvalue weighted by Gasteiger charge is 2.46. The fraction of sp³-hybridized carbons (Fsp3) is 0.571. The van der Waals surface area contributed by atoms with Gasteiger partial charge in [-0.3, -0.25) is 4.90 Å². The lowest BCUT2D eigenvalue weighted by molar-refractivity contribution is -0.188. The number of para-hydroxylation sites is 1. The Bertz CT molecular complexity index is 440. The fourth-order valence-electron chi connectivity index (χ4n) is 2.51. The Morgan fingerprint density at radius 1 is 1.18 bits per heavy atom. The summed E-state index contributed by atoms with van der Waals surface area (Å²) >= 11 is 0. The minimum atomic E-state index is -4.31. The van der Waals surface area contributed by atoms with Crippen LogP contribution in [0.5, 0.6) is 5.75 Å². The number of benzene rings is 1. The van der Waals surface area contributed by atoms with Gasteiger partial charge in [0.2, 0.25) is 0 Å². The van der Waals surface area contributed by atoms with Gasteiger partial charge in [-0.2, -0.15) is 13.2 Å². The predicted octanol–water partition coefficient (Wildman–Crippen LogP) is 3.44. The number of piperazine rings is 1. The van der Waals surface area contributed by atoms with Crippen LogP contribution in [0.2, 0.25) is 0 Å². The summed E-state index contributed by atoms with van der Waals surface area (Å²) in [6, 6.07) is 4.82. The van der Waals surface area contributed by atoms with Crippen LogP contribution in [-0.4, -0.2) is 43.9 Å². The molecular weight excluding hydrogens is 340 g/mol.